The number of ether oxygens (including phenoxy) is 2. The number of methoxy groups -OCH3 is 2. The molecule has 36 heavy (non-hydrogen) atoms. The van der Waals surface area contributed by atoms with Crippen molar-refractivity contribution in [3.63, 3.8) is 0 Å². The molecule has 2 aromatic heterocycles. The average Bonchev–Trinajstić information content (AvgIpc) is 3.54. The lowest BCUT2D eigenvalue weighted by atomic mass is 10.1. The first-order valence-electron chi connectivity index (χ1n) is 13.0. The minimum atomic E-state index is -0.101. The van der Waals surface area contributed by atoms with Crippen molar-refractivity contribution in [2.45, 2.75) is 52.5 Å². The summed E-state index contributed by atoms with van der Waals surface area (Å²) in [6.07, 6.45) is 8.43. The van der Waals surface area contributed by atoms with Crippen LogP contribution in [0, 0.1) is 0 Å². The van der Waals surface area contributed by atoms with Crippen molar-refractivity contribution in [2.24, 2.45) is 0 Å². The van der Waals surface area contributed by atoms with Gasteiger partial charge in [0.15, 0.2) is 11.5 Å². The molecular formula is C29H38N4O2S. The second-order valence-electron chi connectivity index (χ2n) is 9.13. The number of hydrogen-bond donors (Lipinski definition) is 0. The second kappa shape index (κ2) is 12.4. The summed E-state index contributed by atoms with van der Waals surface area (Å²) >= 11 is 1.75. The third-order valence-corrected chi connectivity index (χ3v) is 7.62. The van der Waals surface area contributed by atoms with Crippen LogP contribution >= 0.6 is 11.3 Å². The zero-order chi connectivity index (χ0) is 25.5. The van der Waals surface area contributed by atoms with E-state index >= 15 is 0 Å². The summed E-state index contributed by atoms with van der Waals surface area (Å²) in [4.78, 5) is 12.4. The van der Waals surface area contributed by atoms with Gasteiger partial charge in [0.2, 0.25) is 0 Å². The number of fused-ring (bicyclic) bond motifs is 1. The van der Waals surface area contributed by atoms with Crippen LogP contribution in [0.3, 0.4) is 0 Å². The van der Waals surface area contributed by atoms with Gasteiger partial charge in [0, 0.05) is 19.2 Å². The number of aromatic nitrogens is 3. The summed E-state index contributed by atoms with van der Waals surface area (Å²) in [5.41, 5.74) is 4.55. The third kappa shape index (κ3) is 5.90. The fourth-order valence-corrected chi connectivity index (χ4v) is 5.85. The van der Waals surface area contributed by atoms with E-state index in [1.807, 2.05) is 12.4 Å². The normalized spacial score (nSPS) is 12.4. The Bertz CT molecular complexity index is 1260. The van der Waals surface area contributed by atoms with Crippen LogP contribution in [0.25, 0.3) is 10.2 Å². The first-order chi connectivity index (χ1) is 17.6. The quantitative estimate of drug-likeness (QED) is 0.211. The highest BCUT2D eigenvalue weighted by Gasteiger charge is 2.23. The fourth-order valence-electron chi connectivity index (χ4n) is 4.68. The standard InChI is InChI=1S/C29H38N4O2S/c1-6-14-32(15-7-2)16-13-23-19-33(20-30-23)28(22-10-12-25(34-4)26(18-22)35-5)29-31-24-11-9-21(8-3)17-27(24)36-29/h9-12,17-20,28H,6-8,13-16H2,1-5H3. The van der Waals surface area contributed by atoms with Gasteiger partial charge < -0.3 is 18.9 Å². The first-order valence-corrected chi connectivity index (χ1v) is 13.8. The Morgan fingerprint density at radius 3 is 2.42 bits per heavy atom. The summed E-state index contributed by atoms with van der Waals surface area (Å²) in [7, 11) is 3.34. The maximum Gasteiger partial charge on any atom is 0.161 e. The number of thiazole rings is 1. The molecule has 0 saturated heterocycles. The summed E-state index contributed by atoms with van der Waals surface area (Å²) in [6.45, 7) is 9.97. The van der Waals surface area contributed by atoms with Crippen LogP contribution in [-0.2, 0) is 12.8 Å². The fraction of sp³-hybridized carbons (Fsp3) is 0.448. The molecule has 0 radical (unpaired) electrons. The van der Waals surface area contributed by atoms with Gasteiger partial charge in [0.25, 0.3) is 0 Å². The number of imidazole rings is 1. The molecule has 7 heteroatoms. The van der Waals surface area contributed by atoms with Crippen LogP contribution in [0.5, 0.6) is 11.5 Å². The van der Waals surface area contributed by atoms with Gasteiger partial charge in [-0.15, -0.1) is 11.3 Å². The molecule has 0 N–H and O–H groups in total. The predicted octanol–water partition coefficient (Wildman–Crippen LogP) is 6.37. The van der Waals surface area contributed by atoms with Crippen molar-refractivity contribution in [3.05, 3.63) is 70.8 Å². The number of benzene rings is 2. The molecule has 4 rings (SSSR count). The zero-order valence-corrected chi connectivity index (χ0v) is 23.0. The zero-order valence-electron chi connectivity index (χ0n) is 22.2. The van der Waals surface area contributed by atoms with Gasteiger partial charge in [-0.05, 0) is 67.7 Å². The molecular weight excluding hydrogens is 468 g/mol. The molecule has 0 aliphatic rings. The van der Waals surface area contributed by atoms with Crippen LogP contribution in [0.1, 0.15) is 61.5 Å². The van der Waals surface area contributed by atoms with E-state index in [0.29, 0.717) is 5.75 Å². The van der Waals surface area contributed by atoms with E-state index in [1.165, 1.54) is 23.1 Å². The SMILES string of the molecule is CCCN(CCC)CCc1cn(C(c2ccc(OC)c(OC)c2)c2nc3ccc(CC)cc3s2)cn1. The Hall–Kier alpha value is -2.90. The lowest BCUT2D eigenvalue weighted by Crippen LogP contribution is -2.27. The van der Waals surface area contributed by atoms with E-state index in [1.54, 1.807) is 25.6 Å². The molecule has 4 aromatic rings. The molecule has 0 spiro atoms. The van der Waals surface area contributed by atoms with Crippen molar-refractivity contribution in [2.75, 3.05) is 33.9 Å². The monoisotopic (exact) mass is 506 g/mol. The molecule has 0 aliphatic heterocycles. The van der Waals surface area contributed by atoms with Crippen molar-refractivity contribution < 1.29 is 9.47 Å². The van der Waals surface area contributed by atoms with Gasteiger partial charge in [-0.3, -0.25) is 0 Å². The molecule has 0 aliphatic carbocycles. The van der Waals surface area contributed by atoms with Crippen molar-refractivity contribution in [1.82, 2.24) is 19.4 Å². The van der Waals surface area contributed by atoms with E-state index in [0.717, 1.165) is 60.0 Å². The highest BCUT2D eigenvalue weighted by molar-refractivity contribution is 7.18. The summed E-state index contributed by atoms with van der Waals surface area (Å²) < 4.78 is 14.5. The molecule has 0 saturated carbocycles. The average molecular weight is 507 g/mol. The van der Waals surface area contributed by atoms with Crippen LogP contribution in [0.4, 0.5) is 0 Å². The van der Waals surface area contributed by atoms with Crippen molar-refractivity contribution in [3.8, 4) is 11.5 Å². The Morgan fingerprint density at radius 1 is 0.944 bits per heavy atom. The lowest BCUT2D eigenvalue weighted by Gasteiger charge is -2.20. The van der Waals surface area contributed by atoms with Gasteiger partial charge in [-0.2, -0.15) is 0 Å². The van der Waals surface area contributed by atoms with Crippen LogP contribution in [0.2, 0.25) is 0 Å². The molecule has 1 atom stereocenters. The Kier molecular flexibility index (Phi) is 8.99. The molecule has 6 nitrogen and oxygen atoms in total. The maximum atomic E-state index is 5.63. The largest absolute Gasteiger partial charge is 0.493 e. The number of nitrogens with zero attached hydrogens (tertiary/aromatic N) is 4. The van der Waals surface area contributed by atoms with E-state index < -0.39 is 0 Å². The van der Waals surface area contributed by atoms with Crippen LogP contribution in [-0.4, -0.2) is 53.3 Å². The van der Waals surface area contributed by atoms with E-state index in [9.17, 15) is 0 Å². The van der Waals surface area contributed by atoms with Gasteiger partial charge in [-0.25, -0.2) is 9.97 Å². The lowest BCUT2D eigenvalue weighted by molar-refractivity contribution is 0.277. The van der Waals surface area contributed by atoms with E-state index in [2.05, 4.69) is 66.8 Å². The van der Waals surface area contributed by atoms with Gasteiger partial charge in [0.05, 0.1) is 36.5 Å². The maximum absolute atomic E-state index is 5.63. The van der Waals surface area contributed by atoms with Crippen molar-refractivity contribution >= 4 is 21.6 Å². The van der Waals surface area contributed by atoms with Crippen LogP contribution in [0.15, 0.2) is 48.9 Å². The topological polar surface area (TPSA) is 52.4 Å². The predicted molar refractivity (Wildman–Crippen MR) is 149 cm³/mol. The minimum absolute atomic E-state index is 0.101. The van der Waals surface area contributed by atoms with E-state index in [4.69, 9.17) is 19.4 Å². The Morgan fingerprint density at radius 2 is 1.72 bits per heavy atom. The molecule has 1 unspecified atom stereocenters. The van der Waals surface area contributed by atoms with Crippen molar-refractivity contribution in [1.29, 1.82) is 0 Å². The first kappa shape index (κ1) is 26.2. The molecule has 0 bridgehead atoms. The summed E-state index contributed by atoms with van der Waals surface area (Å²) in [5.74, 6) is 1.43. The van der Waals surface area contributed by atoms with Gasteiger partial charge in [-0.1, -0.05) is 32.9 Å². The summed E-state index contributed by atoms with van der Waals surface area (Å²) in [5, 5.41) is 1.04. The molecule has 192 valence electrons. The number of aryl methyl sites for hydroxylation is 1. The Labute approximate surface area is 218 Å². The second-order valence-corrected chi connectivity index (χ2v) is 10.2. The molecule has 0 amide bonds. The van der Waals surface area contributed by atoms with Crippen LogP contribution < -0.4 is 9.47 Å². The number of rotatable bonds is 13. The van der Waals surface area contributed by atoms with E-state index in [-0.39, 0.29) is 6.04 Å². The molecule has 0 fully saturated rings. The molecule has 2 aromatic carbocycles. The third-order valence-electron chi connectivity index (χ3n) is 6.55. The molecule has 2 heterocycles. The van der Waals surface area contributed by atoms with Gasteiger partial charge in [0.1, 0.15) is 11.0 Å². The van der Waals surface area contributed by atoms with Gasteiger partial charge >= 0.3 is 0 Å². The minimum Gasteiger partial charge on any atom is -0.493 e. The highest BCUT2D eigenvalue weighted by atomic mass is 32.1. The highest BCUT2D eigenvalue weighted by Crippen LogP contribution is 2.37. The smallest absolute Gasteiger partial charge is 0.161 e. The summed E-state index contributed by atoms with van der Waals surface area (Å²) in [6, 6.07) is 12.6. The Balaban J connectivity index is 1.70. The number of hydrogen-bond acceptors (Lipinski definition) is 6.